The Morgan fingerprint density at radius 1 is 1.31 bits per heavy atom. The topological polar surface area (TPSA) is 38.0 Å². The van der Waals surface area contributed by atoms with Crippen LogP contribution >= 0.6 is 27.3 Å². The van der Waals surface area contributed by atoms with Gasteiger partial charge in [0.25, 0.3) is 0 Å². The first-order valence-electron chi connectivity index (χ1n) is 5.04. The minimum Gasteiger partial charge on any atom is -0.376 e. The third kappa shape index (κ3) is 2.64. The highest BCUT2D eigenvalue weighted by atomic mass is 79.9. The van der Waals surface area contributed by atoms with Gasteiger partial charge in [0.15, 0.2) is 0 Å². The summed E-state index contributed by atoms with van der Waals surface area (Å²) >= 11 is 5.21. The lowest BCUT2D eigenvalue weighted by Gasteiger charge is -2.18. The molecule has 16 heavy (non-hydrogen) atoms. The zero-order valence-corrected chi connectivity index (χ0v) is 11.1. The largest absolute Gasteiger partial charge is 0.376 e. The van der Waals surface area contributed by atoms with E-state index in [-0.39, 0.29) is 6.04 Å². The van der Waals surface area contributed by atoms with Crippen LogP contribution in [0.1, 0.15) is 11.6 Å². The zero-order chi connectivity index (χ0) is 11.4. The molecule has 2 rings (SSSR count). The van der Waals surface area contributed by atoms with E-state index in [1.165, 1.54) is 5.56 Å². The molecule has 0 bridgehead atoms. The van der Waals surface area contributed by atoms with Gasteiger partial charge in [0.05, 0.1) is 6.04 Å². The van der Waals surface area contributed by atoms with Gasteiger partial charge in [0.1, 0.15) is 0 Å². The summed E-state index contributed by atoms with van der Waals surface area (Å²) in [6.45, 7) is 0.581. The van der Waals surface area contributed by atoms with Gasteiger partial charge in [-0.25, -0.2) is 0 Å². The minimum atomic E-state index is 0.171. The molecule has 0 aliphatic carbocycles. The monoisotopic (exact) mass is 296 g/mol. The van der Waals surface area contributed by atoms with Gasteiger partial charge in [-0.3, -0.25) is 0 Å². The molecule has 3 N–H and O–H groups in total. The molecule has 0 amide bonds. The summed E-state index contributed by atoms with van der Waals surface area (Å²) in [6, 6.07) is 10.3. The van der Waals surface area contributed by atoms with Gasteiger partial charge in [-0.05, 0) is 50.5 Å². The Labute approximate surface area is 108 Å². The Kier molecular flexibility index (Phi) is 3.98. The molecule has 1 heterocycles. The fourth-order valence-corrected chi connectivity index (χ4v) is 2.63. The molecular formula is C12H13BrN2S. The van der Waals surface area contributed by atoms with Crippen molar-refractivity contribution >= 4 is 33.0 Å². The normalized spacial score (nSPS) is 12.4. The van der Waals surface area contributed by atoms with Crippen molar-refractivity contribution in [3.8, 4) is 0 Å². The molecule has 0 aliphatic rings. The number of hydrogen-bond donors (Lipinski definition) is 2. The molecule has 1 atom stereocenters. The van der Waals surface area contributed by atoms with Gasteiger partial charge in [-0.1, -0.05) is 12.1 Å². The summed E-state index contributed by atoms with van der Waals surface area (Å²) in [5, 5.41) is 7.63. The van der Waals surface area contributed by atoms with Gasteiger partial charge in [0.2, 0.25) is 0 Å². The number of anilines is 1. The van der Waals surface area contributed by atoms with E-state index < -0.39 is 0 Å². The van der Waals surface area contributed by atoms with E-state index in [1.807, 2.05) is 24.3 Å². The van der Waals surface area contributed by atoms with Crippen molar-refractivity contribution in [3.63, 3.8) is 0 Å². The second-order valence-corrected chi connectivity index (χ2v) is 5.10. The predicted octanol–water partition coefficient (Wildman–Crippen LogP) is 3.62. The Bertz CT molecular complexity index is 442. The lowest BCUT2D eigenvalue weighted by molar-refractivity contribution is 0.793. The molecule has 0 fully saturated rings. The van der Waals surface area contributed by atoms with Crippen molar-refractivity contribution < 1.29 is 0 Å². The Balaban J connectivity index is 2.17. The molecule has 2 aromatic rings. The molecular weight excluding hydrogens is 284 g/mol. The van der Waals surface area contributed by atoms with Crippen LogP contribution in [0.4, 0.5) is 5.69 Å². The van der Waals surface area contributed by atoms with Gasteiger partial charge in [-0.15, -0.1) is 0 Å². The summed E-state index contributed by atoms with van der Waals surface area (Å²) in [7, 11) is 0. The second-order valence-electron chi connectivity index (χ2n) is 3.47. The second kappa shape index (κ2) is 5.48. The van der Waals surface area contributed by atoms with E-state index in [0.29, 0.717) is 6.54 Å². The van der Waals surface area contributed by atoms with Crippen molar-refractivity contribution in [2.75, 3.05) is 11.9 Å². The third-order valence-corrected chi connectivity index (χ3v) is 3.78. The molecule has 1 aromatic carbocycles. The summed E-state index contributed by atoms with van der Waals surface area (Å²) in [6.07, 6.45) is 0. The first-order chi connectivity index (χ1) is 7.81. The summed E-state index contributed by atoms with van der Waals surface area (Å²) in [5.74, 6) is 0. The molecule has 0 radical (unpaired) electrons. The maximum absolute atomic E-state index is 5.79. The van der Waals surface area contributed by atoms with Crippen LogP contribution in [-0.4, -0.2) is 6.54 Å². The van der Waals surface area contributed by atoms with Crippen molar-refractivity contribution in [1.82, 2.24) is 0 Å². The van der Waals surface area contributed by atoms with Gasteiger partial charge < -0.3 is 11.1 Å². The quantitative estimate of drug-likeness (QED) is 0.904. The predicted molar refractivity (Wildman–Crippen MR) is 73.9 cm³/mol. The van der Waals surface area contributed by atoms with E-state index >= 15 is 0 Å². The number of rotatable bonds is 4. The number of benzene rings is 1. The highest BCUT2D eigenvalue weighted by molar-refractivity contribution is 9.10. The molecule has 0 saturated heterocycles. The molecule has 0 saturated carbocycles. The van der Waals surface area contributed by atoms with Crippen LogP contribution in [-0.2, 0) is 0 Å². The molecule has 84 valence electrons. The van der Waals surface area contributed by atoms with Crippen molar-refractivity contribution in [2.45, 2.75) is 6.04 Å². The fourth-order valence-electron chi connectivity index (χ4n) is 1.52. The van der Waals surface area contributed by atoms with Crippen LogP contribution in [0, 0.1) is 0 Å². The van der Waals surface area contributed by atoms with Crippen molar-refractivity contribution in [2.24, 2.45) is 5.73 Å². The highest BCUT2D eigenvalue weighted by Crippen LogP contribution is 2.26. The smallest absolute Gasteiger partial charge is 0.0644 e. The number of thiophene rings is 1. The van der Waals surface area contributed by atoms with Crippen LogP contribution in [0.25, 0.3) is 0 Å². The zero-order valence-electron chi connectivity index (χ0n) is 8.69. The van der Waals surface area contributed by atoms with Crippen LogP contribution in [0.2, 0.25) is 0 Å². The average Bonchev–Trinajstić information content (AvgIpc) is 2.81. The van der Waals surface area contributed by atoms with E-state index in [4.69, 9.17) is 5.73 Å². The first kappa shape index (κ1) is 11.6. The Morgan fingerprint density at radius 3 is 2.75 bits per heavy atom. The number of nitrogens with two attached hydrogens (primary N) is 1. The van der Waals surface area contributed by atoms with E-state index in [0.717, 1.165) is 10.2 Å². The standard InChI is InChI=1S/C12H13BrN2S/c13-10-3-1-2-4-11(10)15-12(7-14)9-5-6-16-8-9/h1-6,8,12,15H,7,14H2. The first-order valence-corrected chi connectivity index (χ1v) is 6.78. The lowest BCUT2D eigenvalue weighted by atomic mass is 10.1. The highest BCUT2D eigenvalue weighted by Gasteiger charge is 2.10. The number of hydrogen-bond acceptors (Lipinski definition) is 3. The van der Waals surface area contributed by atoms with E-state index in [9.17, 15) is 0 Å². The summed E-state index contributed by atoms with van der Waals surface area (Å²) < 4.78 is 1.06. The Morgan fingerprint density at radius 2 is 2.12 bits per heavy atom. The third-order valence-electron chi connectivity index (χ3n) is 2.38. The lowest BCUT2D eigenvalue weighted by Crippen LogP contribution is -2.20. The molecule has 2 nitrogen and oxygen atoms in total. The number of para-hydroxylation sites is 1. The summed E-state index contributed by atoms with van der Waals surface area (Å²) in [5.41, 5.74) is 8.10. The van der Waals surface area contributed by atoms with Gasteiger partial charge in [-0.2, -0.15) is 11.3 Å². The van der Waals surface area contributed by atoms with Crippen LogP contribution in [0.3, 0.4) is 0 Å². The molecule has 4 heteroatoms. The van der Waals surface area contributed by atoms with Crippen LogP contribution in [0.15, 0.2) is 45.6 Å². The maximum Gasteiger partial charge on any atom is 0.0644 e. The Hall–Kier alpha value is -0.840. The van der Waals surface area contributed by atoms with Crippen LogP contribution < -0.4 is 11.1 Å². The van der Waals surface area contributed by atoms with Crippen molar-refractivity contribution in [1.29, 1.82) is 0 Å². The van der Waals surface area contributed by atoms with Gasteiger partial charge in [0, 0.05) is 16.7 Å². The molecule has 0 spiro atoms. The molecule has 1 unspecified atom stereocenters. The average molecular weight is 297 g/mol. The fraction of sp³-hybridized carbons (Fsp3) is 0.167. The minimum absolute atomic E-state index is 0.171. The summed E-state index contributed by atoms with van der Waals surface area (Å²) in [4.78, 5) is 0. The van der Waals surface area contributed by atoms with E-state index in [2.05, 4.69) is 38.1 Å². The van der Waals surface area contributed by atoms with E-state index in [1.54, 1.807) is 11.3 Å². The number of nitrogens with one attached hydrogen (secondary N) is 1. The molecule has 1 aromatic heterocycles. The SMILES string of the molecule is NCC(Nc1ccccc1Br)c1ccsc1. The maximum atomic E-state index is 5.79. The van der Waals surface area contributed by atoms with Gasteiger partial charge >= 0.3 is 0 Å². The number of halogens is 1. The van der Waals surface area contributed by atoms with Crippen molar-refractivity contribution in [3.05, 3.63) is 51.1 Å². The van der Waals surface area contributed by atoms with Crippen LogP contribution in [0.5, 0.6) is 0 Å². The molecule has 0 aliphatic heterocycles.